The van der Waals surface area contributed by atoms with Gasteiger partial charge >= 0.3 is 0 Å². The van der Waals surface area contributed by atoms with Crippen LogP contribution < -0.4 is 10.6 Å². The van der Waals surface area contributed by atoms with Crippen molar-refractivity contribution in [3.05, 3.63) is 67.5 Å². The number of halogens is 3. The lowest BCUT2D eigenvalue weighted by Crippen LogP contribution is -2.24. The van der Waals surface area contributed by atoms with Crippen molar-refractivity contribution in [1.29, 1.82) is 0 Å². The van der Waals surface area contributed by atoms with Crippen molar-refractivity contribution in [3.8, 4) is 5.82 Å². The summed E-state index contributed by atoms with van der Waals surface area (Å²) in [7, 11) is 1.51. The van der Waals surface area contributed by atoms with E-state index in [-0.39, 0.29) is 11.6 Å². The predicted octanol–water partition coefficient (Wildman–Crippen LogP) is 4.57. The Labute approximate surface area is 185 Å². The lowest BCUT2D eigenvalue weighted by Gasteiger charge is -2.17. The molecular formula is C19H16BrCl2N5O2. The zero-order chi connectivity index (χ0) is 21.3. The van der Waals surface area contributed by atoms with Gasteiger partial charge in [0.2, 0.25) is 0 Å². The molecule has 0 saturated heterocycles. The molecule has 0 fully saturated rings. The minimum atomic E-state index is -0.486. The molecule has 2 aromatic heterocycles. The number of nitrogens with zero attached hydrogens (tertiary/aromatic N) is 3. The first-order valence-electron chi connectivity index (χ1n) is 8.44. The largest absolute Gasteiger partial charge is 0.355 e. The van der Waals surface area contributed by atoms with Crippen LogP contribution in [0.2, 0.25) is 10.0 Å². The molecule has 0 radical (unpaired) electrons. The molecule has 3 aromatic rings. The highest BCUT2D eigenvalue weighted by molar-refractivity contribution is 9.10. The molecule has 2 N–H and O–H groups in total. The van der Waals surface area contributed by atoms with Crippen LogP contribution in [-0.4, -0.2) is 33.6 Å². The van der Waals surface area contributed by atoms with Gasteiger partial charge in [0.05, 0.1) is 16.3 Å². The number of hydrogen-bond acceptors (Lipinski definition) is 4. The van der Waals surface area contributed by atoms with Gasteiger partial charge in [-0.25, -0.2) is 9.67 Å². The van der Waals surface area contributed by atoms with Crippen LogP contribution in [0.3, 0.4) is 0 Å². The van der Waals surface area contributed by atoms with E-state index in [9.17, 15) is 9.59 Å². The van der Waals surface area contributed by atoms with Crippen molar-refractivity contribution < 1.29 is 9.59 Å². The van der Waals surface area contributed by atoms with E-state index in [1.54, 1.807) is 38.2 Å². The van der Waals surface area contributed by atoms with E-state index < -0.39 is 5.91 Å². The quantitative estimate of drug-likeness (QED) is 0.553. The van der Waals surface area contributed by atoms with E-state index >= 15 is 0 Å². The standard InChI is InChI=1S/C19H16BrCl2N5O2/c1-9-7-12(22)10(2)15(19(29)23-3)16(9)25-18(28)13-8-14(20)26-27(13)17-11(21)5-4-6-24-17/h4-8H,1-3H3,(H,23,29)(H,25,28). The van der Waals surface area contributed by atoms with Gasteiger partial charge in [-0.05, 0) is 59.1 Å². The maximum Gasteiger partial charge on any atom is 0.274 e. The number of aromatic nitrogens is 3. The van der Waals surface area contributed by atoms with Crippen molar-refractivity contribution in [2.45, 2.75) is 13.8 Å². The highest BCUT2D eigenvalue weighted by Gasteiger charge is 2.23. The van der Waals surface area contributed by atoms with Gasteiger partial charge in [-0.2, -0.15) is 5.10 Å². The first kappa shape index (κ1) is 21.3. The number of carbonyl (C=O) groups is 2. The van der Waals surface area contributed by atoms with E-state index in [1.165, 1.54) is 17.8 Å². The van der Waals surface area contributed by atoms with Gasteiger partial charge in [0.15, 0.2) is 5.82 Å². The van der Waals surface area contributed by atoms with Crippen LogP contribution in [0.5, 0.6) is 0 Å². The van der Waals surface area contributed by atoms with Crippen LogP contribution in [-0.2, 0) is 0 Å². The molecule has 0 atom stereocenters. The van der Waals surface area contributed by atoms with Gasteiger partial charge in [-0.1, -0.05) is 23.2 Å². The monoisotopic (exact) mass is 495 g/mol. The second-order valence-corrected chi connectivity index (χ2v) is 7.78. The van der Waals surface area contributed by atoms with Crippen LogP contribution in [0.25, 0.3) is 5.82 Å². The number of benzene rings is 1. The maximum atomic E-state index is 13.1. The SMILES string of the molecule is CNC(=O)c1c(C)c(Cl)cc(C)c1NC(=O)c1cc(Br)nn1-c1ncccc1Cl. The molecular weight excluding hydrogens is 481 g/mol. The summed E-state index contributed by atoms with van der Waals surface area (Å²) in [5.74, 6) is -0.536. The first-order chi connectivity index (χ1) is 13.7. The number of carbonyl (C=O) groups excluding carboxylic acids is 2. The normalized spacial score (nSPS) is 10.7. The molecule has 150 valence electrons. The Hall–Kier alpha value is -2.42. The summed E-state index contributed by atoms with van der Waals surface area (Å²) < 4.78 is 1.76. The Balaban J connectivity index is 2.09. The minimum absolute atomic E-state index is 0.187. The number of aryl methyl sites for hydroxylation is 1. The van der Waals surface area contributed by atoms with Crippen LogP contribution in [0.15, 0.2) is 35.1 Å². The highest BCUT2D eigenvalue weighted by atomic mass is 79.9. The summed E-state index contributed by atoms with van der Waals surface area (Å²) in [6, 6.07) is 6.57. The molecule has 0 unspecified atom stereocenters. The molecule has 0 bridgehead atoms. The topological polar surface area (TPSA) is 88.9 Å². The van der Waals surface area contributed by atoms with Gasteiger partial charge in [0, 0.05) is 24.3 Å². The molecule has 0 aliphatic carbocycles. The Morgan fingerprint density at radius 1 is 1.14 bits per heavy atom. The second kappa shape index (κ2) is 8.52. The number of rotatable bonds is 4. The third-order valence-electron chi connectivity index (χ3n) is 4.27. The van der Waals surface area contributed by atoms with Gasteiger partial charge in [-0.3, -0.25) is 9.59 Å². The smallest absolute Gasteiger partial charge is 0.274 e. The summed E-state index contributed by atoms with van der Waals surface area (Å²) in [5.41, 5.74) is 2.06. The van der Waals surface area contributed by atoms with Crippen LogP contribution in [0, 0.1) is 13.8 Å². The molecule has 0 saturated carbocycles. The summed E-state index contributed by atoms with van der Waals surface area (Å²) in [5, 5.41) is 10.4. The molecule has 10 heteroatoms. The third-order valence-corrected chi connectivity index (χ3v) is 5.34. The molecule has 1 aromatic carbocycles. The Morgan fingerprint density at radius 3 is 2.52 bits per heavy atom. The minimum Gasteiger partial charge on any atom is -0.355 e. The van der Waals surface area contributed by atoms with Crippen LogP contribution >= 0.6 is 39.1 Å². The zero-order valence-corrected chi connectivity index (χ0v) is 18.8. The highest BCUT2D eigenvalue weighted by Crippen LogP contribution is 2.31. The molecule has 2 amide bonds. The van der Waals surface area contributed by atoms with Crippen LogP contribution in [0.1, 0.15) is 32.0 Å². The predicted molar refractivity (Wildman–Crippen MR) is 116 cm³/mol. The third kappa shape index (κ3) is 4.14. The van der Waals surface area contributed by atoms with Crippen molar-refractivity contribution in [2.75, 3.05) is 12.4 Å². The van der Waals surface area contributed by atoms with Gasteiger partial charge in [-0.15, -0.1) is 0 Å². The maximum absolute atomic E-state index is 13.1. The van der Waals surface area contributed by atoms with Crippen molar-refractivity contribution in [1.82, 2.24) is 20.1 Å². The van der Waals surface area contributed by atoms with Crippen LogP contribution in [0.4, 0.5) is 5.69 Å². The number of anilines is 1. The molecule has 0 aliphatic rings. The lowest BCUT2D eigenvalue weighted by atomic mass is 10.0. The van der Waals surface area contributed by atoms with Gasteiger partial charge in [0.25, 0.3) is 11.8 Å². The van der Waals surface area contributed by atoms with E-state index in [0.717, 1.165) is 0 Å². The van der Waals surface area contributed by atoms with Gasteiger partial charge < -0.3 is 10.6 Å². The lowest BCUT2D eigenvalue weighted by molar-refractivity contribution is 0.0963. The summed E-state index contributed by atoms with van der Waals surface area (Å²) in [4.78, 5) is 29.8. The molecule has 29 heavy (non-hydrogen) atoms. The number of amides is 2. The van der Waals surface area contributed by atoms with Crippen molar-refractivity contribution >= 4 is 56.6 Å². The van der Waals surface area contributed by atoms with Crippen molar-refractivity contribution in [3.63, 3.8) is 0 Å². The molecule has 3 rings (SSSR count). The summed E-state index contributed by atoms with van der Waals surface area (Å²) in [6.45, 7) is 3.48. The van der Waals surface area contributed by atoms with E-state index in [4.69, 9.17) is 23.2 Å². The zero-order valence-electron chi connectivity index (χ0n) is 15.7. The Morgan fingerprint density at radius 2 is 1.86 bits per heavy atom. The number of hydrogen-bond donors (Lipinski definition) is 2. The summed E-state index contributed by atoms with van der Waals surface area (Å²) >= 11 is 15.7. The molecule has 0 aliphatic heterocycles. The van der Waals surface area contributed by atoms with Gasteiger partial charge in [0.1, 0.15) is 10.3 Å². The van der Waals surface area contributed by atoms with E-state index in [0.29, 0.717) is 42.8 Å². The first-order valence-corrected chi connectivity index (χ1v) is 9.99. The fraction of sp³-hybridized carbons (Fsp3) is 0.158. The Bertz CT molecular complexity index is 1130. The average molecular weight is 497 g/mol. The molecule has 2 heterocycles. The molecule has 0 spiro atoms. The fourth-order valence-corrected chi connectivity index (χ4v) is 3.67. The number of nitrogens with one attached hydrogen (secondary N) is 2. The molecule has 7 nitrogen and oxygen atoms in total. The van der Waals surface area contributed by atoms with Crippen molar-refractivity contribution in [2.24, 2.45) is 0 Å². The average Bonchev–Trinajstić information content (AvgIpc) is 3.07. The fourth-order valence-electron chi connectivity index (χ4n) is 2.83. The number of pyridine rings is 1. The summed E-state index contributed by atoms with van der Waals surface area (Å²) in [6.07, 6.45) is 1.55. The second-order valence-electron chi connectivity index (χ2n) is 6.16. The van der Waals surface area contributed by atoms with E-state index in [2.05, 4.69) is 36.6 Å². The Kier molecular flexibility index (Phi) is 6.26. The van der Waals surface area contributed by atoms with E-state index in [1.807, 2.05) is 0 Å².